The lowest BCUT2D eigenvalue weighted by Gasteiger charge is -2.16. The van der Waals surface area contributed by atoms with Gasteiger partial charge in [-0.05, 0) is 61.0 Å². The summed E-state index contributed by atoms with van der Waals surface area (Å²) in [5, 5.41) is 3.07. The fraction of sp³-hybridized carbons (Fsp3) is 0.130. The molecule has 0 atom stereocenters. The number of para-hydroxylation sites is 1. The maximum absolute atomic E-state index is 12.6. The molecule has 0 aliphatic carbocycles. The molecule has 0 unspecified atom stereocenters. The number of nitrogens with one attached hydrogen (secondary N) is 2. The molecule has 7 nitrogen and oxygen atoms in total. The van der Waals surface area contributed by atoms with Crippen LogP contribution in [0.3, 0.4) is 0 Å². The lowest BCUT2D eigenvalue weighted by molar-refractivity contribution is -0.117. The van der Waals surface area contributed by atoms with Gasteiger partial charge in [0.05, 0.1) is 15.6 Å². The molecule has 32 heavy (non-hydrogen) atoms. The number of sulfonamides is 1. The molecule has 4 rings (SSSR count). The number of rotatable bonds is 6. The van der Waals surface area contributed by atoms with Gasteiger partial charge in [0.25, 0.3) is 15.9 Å². The second-order valence-electron chi connectivity index (χ2n) is 7.26. The molecule has 1 aliphatic heterocycles. The van der Waals surface area contributed by atoms with Crippen molar-refractivity contribution in [1.82, 2.24) is 0 Å². The van der Waals surface area contributed by atoms with Gasteiger partial charge >= 0.3 is 0 Å². The van der Waals surface area contributed by atoms with Crippen LogP contribution in [0, 0.1) is 0 Å². The minimum Gasteiger partial charge on any atom is -0.322 e. The number of hydrogen-bond acceptors (Lipinski definition) is 4. The Hall–Kier alpha value is -3.36. The highest BCUT2D eigenvalue weighted by Crippen LogP contribution is 2.26. The van der Waals surface area contributed by atoms with E-state index in [9.17, 15) is 18.0 Å². The first-order chi connectivity index (χ1) is 15.3. The predicted octanol–water partition coefficient (Wildman–Crippen LogP) is 4.52. The molecule has 1 fully saturated rings. The molecular weight excluding hydrogens is 450 g/mol. The minimum absolute atomic E-state index is 0.00325. The van der Waals surface area contributed by atoms with E-state index in [-0.39, 0.29) is 21.5 Å². The van der Waals surface area contributed by atoms with Gasteiger partial charge in [-0.3, -0.25) is 14.3 Å². The summed E-state index contributed by atoms with van der Waals surface area (Å²) in [6, 6.07) is 19.2. The van der Waals surface area contributed by atoms with Crippen molar-refractivity contribution in [3.05, 3.63) is 83.4 Å². The highest BCUT2D eigenvalue weighted by Gasteiger charge is 2.22. The van der Waals surface area contributed by atoms with Crippen molar-refractivity contribution >= 4 is 50.5 Å². The Morgan fingerprint density at radius 1 is 0.969 bits per heavy atom. The first kappa shape index (κ1) is 21.9. The van der Waals surface area contributed by atoms with Crippen LogP contribution in [-0.4, -0.2) is 26.8 Å². The molecule has 1 aliphatic rings. The van der Waals surface area contributed by atoms with Crippen LogP contribution in [0.1, 0.15) is 23.2 Å². The summed E-state index contributed by atoms with van der Waals surface area (Å²) < 4.78 is 27.7. The maximum Gasteiger partial charge on any atom is 0.261 e. The maximum atomic E-state index is 12.6. The van der Waals surface area contributed by atoms with Crippen molar-refractivity contribution in [2.75, 3.05) is 21.5 Å². The van der Waals surface area contributed by atoms with E-state index in [4.69, 9.17) is 11.6 Å². The molecule has 0 aromatic heterocycles. The van der Waals surface area contributed by atoms with Crippen LogP contribution in [0.2, 0.25) is 5.02 Å². The highest BCUT2D eigenvalue weighted by molar-refractivity contribution is 7.92. The number of amides is 2. The van der Waals surface area contributed by atoms with E-state index in [1.165, 1.54) is 24.3 Å². The van der Waals surface area contributed by atoms with Gasteiger partial charge in [-0.2, -0.15) is 0 Å². The van der Waals surface area contributed by atoms with Crippen molar-refractivity contribution in [3.8, 4) is 0 Å². The Labute approximate surface area is 191 Å². The largest absolute Gasteiger partial charge is 0.322 e. The summed E-state index contributed by atoms with van der Waals surface area (Å²) in [5.74, 6) is -0.325. The molecule has 0 radical (unpaired) electrons. The van der Waals surface area contributed by atoms with Crippen LogP contribution in [0.5, 0.6) is 0 Å². The number of carbonyl (C=O) groups excluding carboxylic acids is 2. The number of anilines is 3. The van der Waals surface area contributed by atoms with Gasteiger partial charge in [0.2, 0.25) is 5.91 Å². The van der Waals surface area contributed by atoms with E-state index in [0.717, 1.165) is 12.1 Å². The van der Waals surface area contributed by atoms with Crippen molar-refractivity contribution in [2.45, 2.75) is 17.7 Å². The summed E-state index contributed by atoms with van der Waals surface area (Å²) in [4.78, 5) is 26.3. The Kier molecular flexibility index (Phi) is 6.16. The summed E-state index contributed by atoms with van der Waals surface area (Å²) in [7, 11) is -3.86. The minimum atomic E-state index is -3.86. The van der Waals surface area contributed by atoms with Crippen molar-refractivity contribution < 1.29 is 18.0 Å². The van der Waals surface area contributed by atoms with E-state index in [2.05, 4.69) is 10.0 Å². The predicted molar refractivity (Wildman–Crippen MR) is 125 cm³/mol. The molecule has 164 valence electrons. The molecule has 1 heterocycles. The number of carbonyl (C=O) groups is 2. The van der Waals surface area contributed by atoms with Crippen LogP contribution < -0.4 is 14.9 Å². The molecule has 0 spiro atoms. The van der Waals surface area contributed by atoms with Gasteiger partial charge in [0.15, 0.2) is 0 Å². The van der Waals surface area contributed by atoms with Crippen LogP contribution in [0.25, 0.3) is 0 Å². The van der Waals surface area contributed by atoms with Gasteiger partial charge in [0.1, 0.15) is 0 Å². The van der Waals surface area contributed by atoms with E-state index < -0.39 is 15.9 Å². The smallest absolute Gasteiger partial charge is 0.261 e. The van der Waals surface area contributed by atoms with E-state index in [1.54, 1.807) is 47.4 Å². The van der Waals surface area contributed by atoms with E-state index >= 15 is 0 Å². The fourth-order valence-corrected chi connectivity index (χ4v) is 4.73. The summed E-state index contributed by atoms with van der Waals surface area (Å²) >= 11 is 6.02. The Morgan fingerprint density at radius 3 is 2.41 bits per heavy atom. The molecule has 3 aromatic carbocycles. The topological polar surface area (TPSA) is 95.6 Å². The Bertz CT molecular complexity index is 1280. The zero-order chi connectivity index (χ0) is 22.7. The Morgan fingerprint density at radius 2 is 1.72 bits per heavy atom. The quantitative estimate of drug-likeness (QED) is 0.554. The first-order valence-electron chi connectivity index (χ1n) is 9.93. The molecule has 9 heteroatoms. The average molecular weight is 470 g/mol. The number of halogens is 1. The Balaban J connectivity index is 1.47. The molecule has 0 saturated carbocycles. The van der Waals surface area contributed by atoms with Gasteiger partial charge in [-0.15, -0.1) is 0 Å². The van der Waals surface area contributed by atoms with Crippen molar-refractivity contribution in [3.63, 3.8) is 0 Å². The van der Waals surface area contributed by atoms with E-state index in [0.29, 0.717) is 24.2 Å². The third-order valence-corrected chi connectivity index (χ3v) is 6.75. The molecular formula is C23H20ClN3O4S. The lowest BCUT2D eigenvalue weighted by atomic mass is 10.2. The second-order valence-corrected chi connectivity index (χ2v) is 9.35. The van der Waals surface area contributed by atoms with E-state index in [1.807, 2.05) is 6.07 Å². The fourth-order valence-electron chi connectivity index (χ4n) is 3.41. The lowest BCUT2D eigenvalue weighted by Crippen LogP contribution is -2.23. The van der Waals surface area contributed by atoms with Gasteiger partial charge in [-0.25, -0.2) is 8.42 Å². The zero-order valence-electron chi connectivity index (χ0n) is 16.9. The van der Waals surface area contributed by atoms with Crippen molar-refractivity contribution in [1.29, 1.82) is 0 Å². The third kappa shape index (κ3) is 4.76. The molecule has 2 N–H and O–H groups in total. The van der Waals surface area contributed by atoms with Gasteiger partial charge in [-0.1, -0.05) is 29.8 Å². The van der Waals surface area contributed by atoms with Gasteiger partial charge in [0, 0.05) is 29.9 Å². The SMILES string of the molecule is O=C(Nc1cccc(N2CCCC2=O)c1)c1ccc(S(=O)(=O)Nc2ccccc2Cl)cc1. The zero-order valence-corrected chi connectivity index (χ0v) is 18.5. The number of nitrogens with zero attached hydrogens (tertiary/aromatic N) is 1. The molecule has 0 bridgehead atoms. The average Bonchev–Trinajstić information content (AvgIpc) is 3.21. The summed E-state index contributed by atoms with van der Waals surface area (Å²) in [6.07, 6.45) is 1.34. The van der Waals surface area contributed by atoms with Crippen LogP contribution in [-0.2, 0) is 14.8 Å². The first-order valence-corrected chi connectivity index (χ1v) is 11.8. The number of hydrogen-bond donors (Lipinski definition) is 2. The van der Waals surface area contributed by atoms with Crippen LogP contribution >= 0.6 is 11.6 Å². The summed E-state index contributed by atoms with van der Waals surface area (Å²) in [6.45, 7) is 0.661. The molecule has 2 amide bonds. The van der Waals surface area contributed by atoms with Gasteiger partial charge < -0.3 is 10.2 Å². The normalized spacial score (nSPS) is 13.8. The second kappa shape index (κ2) is 9.02. The monoisotopic (exact) mass is 469 g/mol. The standard InChI is InChI=1S/C23H20ClN3O4S/c24-20-7-1-2-8-21(20)26-32(30,31)19-12-10-16(11-13-19)23(29)25-17-5-3-6-18(15-17)27-14-4-9-22(27)28/h1-3,5-8,10-13,15,26H,4,9,14H2,(H,25,29). The summed E-state index contributed by atoms with van der Waals surface area (Å²) in [5.41, 5.74) is 1.85. The molecule has 1 saturated heterocycles. The van der Waals surface area contributed by atoms with Crippen LogP contribution in [0.4, 0.5) is 17.1 Å². The highest BCUT2D eigenvalue weighted by atomic mass is 35.5. The van der Waals surface area contributed by atoms with Crippen molar-refractivity contribution in [2.24, 2.45) is 0 Å². The van der Waals surface area contributed by atoms with Crippen LogP contribution in [0.15, 0.2) is 77.7 Å². The third-order valence-electron chi connectivity index (χ3n) is 5.03. The number of benzene rings is 3. The molecule has 3 aromatic rings.